The van der Waals surface area contributed by atoms with Gasteiger partial charge in [-0.25, -0.2) is 0 Å². The van der Waals surface area contributed by atoms with Crippen molar-refractivity contribution >= 4 is 12.0 Å². The Hall–Kier alpha value is -0.150. The van der Waals surface area contributed by atoms with Crippen LogP contribution in [0.4, 0.5) is 0 Å². The maximum absolute atomic E-state index is 4.94. The van der Waals surface area contributed by atoms with Crippen molar-refractivity contribution in [2.24, 2.45) is 0 Å². The molecular formula is C4H7NOS. The van der Waals surface area contributed by atoms with Crippen LogP contribution < -0.4 is 0 Å². The van der Waals surface area contributed by atoms with Crippen LogP contribution in [-0.2, 0) is 4.18 Å². The van der Waals surface area contributed by atoms with Crippen LogP contribution in [0.15, 0.2) is 11.6 Å². The van der Waals surface area contributed by atoms with Gasteiger partial charge >= 0.3 is 0 Å². The molecule has 0 saturated heterocycles. The van der Waals surface area contributed by atoms with Crippen LogP contribution in [0.25, 0.3) is 0 Å². The highest BCUT2D eigenvalue weighted by Gasteiger charge is 1.94. The summed E-state index contributed by atoms with van der Waals surface area (Å²) in [6.45, 7) is 0.696. The van der Waals surface area contributed by atoms with Crippen molar-refractivity contribution in [1.82, 2.24) is 4.90 Å². The van der Waals surface area contributed by atoms with Gasteiger partial charge in [0.25, 0.3) is 0 Å². The molecule has 0 amide bonds. The Balaban J connectivity index is 2.36. The molecule has 0 radical (unpaired) electrons. The lowest BCUT2D eigenvalue weighted by Gasteiger charge is -2.15. The second kappa shape index (κ2) is 2.23. The largest absolute Gasteiger partial charge is 0.356 e. The summed E-state index contributed by atoms with van der Waals surface area (Å²) in [5.74, 6) is 0. The Labute approximate surface area is 47.3 Å². The molecule has 7 heavy (non-hydrogen) atoms. The summed E-state index contributed by atoms with van der Waals surface area (Å²) >= 11 is 1.38. The van der Waals surface area contributed by atoms with Crippen molar-refractivity contribution in [3.8, 4) is 0 Å². The smallest absolute Gasteiger partial charge is 0.133 e. The first-order chi connectivity index (χ1) is 3.39. The predicted octanol–water partition coefficient (Wildman–Crippen LogP) is 1.03. The molecule has 2 nitrogen and oxygen atoms in total. The van der Waals surface area contributed by atoms with E-state index in [9.17, 15) is 0 Å². The number of rotatable bonds is 0. The van der Waals surface area contributed by atoms with Crippen molar-refractivity contribution in [1.29, 1.82) is 0 Å². The van der Waals surface area contributed by atoms with Gasteiger partial charge in [-0.2, -0.15) is 0 Å². The van der Waals surface area contributed by atoms with Crippen molar-refractivity contribution in [3.05, 3.63) is 11.6 Å². The van der Waals surface area contributed by atoms with E-state index < -0.39 is 0 Å². The predicted molar refractivity (Wildman–Crippen MR) is 30.4 cm³/mol. The van der Waals surface area contributed by atoms with Crippen molar-refractivity contribution in [3.63, 3.8) is 0 Å². The van der Waals surface area contributed by atoms with Crippen molar-refractivity contribution in [2.45, 2.75) is 0 Å². The topological polar surface area (TPSA) is 12.5 Å². The van der Waals surface area contributed by atoms with Crippen LogP contribution in [0, 0.1) is 0 Å². The molecule has 1 rings (SSSR count). The van der Waals surface area contributed by atoms with Crippen LogP contribution in [0.1, 0.15) is 0 Å². The fourth-order valence-electron chi connectivity index (χ4n) is 0.325. The Morgan fingerprint density at radius 1 is 1.86 bits per heavy atom. The fraction of sp³-hybridized carbons (Fsp3) is 0.500. The van der Waals surface area contributed by atoms with E-state index in [0.29, 0.717) is 6.73 Å². The summed E-state index contributed by atoms with van der Waals surface area (Å²) in [6, 6.07) is 0. The van der Waals surface area contributed by atoms with E-state index in [-0.39, 0.29) is 0 Å². The minimum absolute atomic E-state index is 0.696. The van der Waals surface area contributed by atoms with Crippen LogP contribution in [0.5, 0.6) is 0 Å². The molecule has 0 aromatic heterocycles. The molecule has 0 fully saturated rings. The molecule has 1 aliphatic rings. The normalized spacial score (nSPS) is 20.4. The third kappa shape index (κ3) is 1.41. The van der Waals surface area contributed by atoms with E-state index >= 15 is 0 Å². The van der Waals surface area contributed by atoms with E-state index in [1.54, 1.807) is 0 Å². The Kier molecular flexibility index (Phi) is 1.59. The summed E-state index contributed by atoms with van der Waals surface area (Å²) in [5.41, 5.74) is 0. The highest BCUT2D eigenvalue weighted by atomic mass is 32.2. The van der Waals surface area contributed by atoms with Gasteiger partial charge in [-0.15, -0.1) is 0 Å². The van der Waals surface area contributed by atoms with Crippen molar-refractivity contribution < 1.29 is 4.18 Å². The van der Waals surface area contributed by atoms with E-state index in [1.807, 2.05) is 23.6 Å². The SMILES string of the molecule is CN1C=CSOC1. The average molecular weight is 117 g/mol. The van der Waals surface area contributed by atoms with Gasteiger partial charge in [0.15, 0.2) is 0 Å². The Morgan fingerprint density at radius 3 is 3.00 bits per heavy atom. The lowest BCUT2D eigenvalue weighted by atomic mass is 10.8. The quantitative estimate of drug-likeness (QED) is 0.440. The molecule has 0 bridgehead atoms. The summed E-state index contributed by atoms with van der Waals surface area (Å²) in [4.78, 5) is 1.97. The molecule has 0 aromatic rings. The summed E-state index contributed by atoms with van der Waals surface area (Å²) in [7, 11) is 1.97. The van der Waals surface area contributed by atoms with Gasteiger partial charge in [-0.1, -0.05) is 0 Å². The lowest BCUT2D eigenvalue weighted by Crippen LogP contribution is -2.14. The van der Waals surface area contributed by atoms with Gasteiger partial charge in [0.2, 0.25) is 0 Å². The fourth-order valence-corrected chi connectivity index (χ4v) is 0.888. The molecule has 3 heteroatoms. The van der Waals surface area contributed by atoms with Gasteiger partial charge in [0.1, 0.15) is 6.73 Å². The van der Waals surface area contributed by atoms with Gasteiger partial charge < -0.3 is 4.90 Å². The molecule has 40 valence electrons. The Bertz CT molecular complexity index is 83.8. The monoisotopic (exact) mass is 117 g/mol. The zero-order valence-corrected chi connectivity index (χ0v) is 4.94. The summed E-state index contributed by atoms with van der Waals surface area (Å²) in [6.07, 6.45) is 1.98. The Morgan fingerprint density at radius 2 is 2.71 bits per heavy atom. The minimum atomic E-state index is 0.696. The van der Waals surface area contributed by atoms with E-state index in [0.717, 1.165) is 0 Å². The van der Waals surface area contributed by atoms with Crippen LogP contribution in [-0.4, -0.2) is 18.7 Å². The third-order valence-electron chi connectivity index (χ3n) is 0.695. The molecule has 0 atom stereocenters. The van der Waals surface area contributed by atoms with Crippen LogP contribution in [0.2, 0.25) is 0 Å². The number of nitrogens with zero attached hydrogens (tertiary/aromatic N) is 1. The van der Waals surface area contributed by atoms with Crippen LogP contribution >= 0.6 is 12.0 Å². The molecule has 0 saturated carbocycles. The molecule has 0 N–H and O–H groups in total. The average Bonchev–Trinajstić information content (AvgIpc) is 1.69. The first-order valence-electron chi connectivity index (χ1n) is 2.05. The lowest BCUT2D eigenvalue weighted by molar-refractivity contribution is 0.224. The first kappa shape index (κ1) is 5.00. The molecule has 0 spiro atoms. The van der Waals surface area contributed by atoms with E-state index in [2.05, 4.69) is 0 Å². The van der Waals surface area contributed by atoms with Gasteiger partial charge in [-0.05, 0) is 0 Å². The highest BCUT2D eigenvalue weighted by molar-refractivity contribution is 7.97. The second-order valence-electron chi connectivity index (χ2n) is 1.39. The maximum Gasteiger partial charge on any atom is 0.133 e. The molecule has 0 unspecified atom stereocenters. The molecular weight excluding hydrogens is 110 g/mol. The zero-order chi connectivity index (χ0) is 5.11. The van der Waals surface area contributed by atoms with Gasteiger partial charge in [0.05, 0.1) is 0 Å². The summed E-state index contributed by atoms with van der Waals surface area (Å²) < 4.78 is 4.94. The van der Waals surface area contributed by atoms with Crippen LogP contribution in [0.3, 0.4) is 0 Å². The molecule has 0 aliphatic carbocycles. The highest BCUT2D eigenvalue weighted by Crippen LogP contribution is 2.09. The standard InChI is InChI=1S/C4H7NOS/c1-5-2-3-7-6-4-5/h2-3H,4H2,1H3. The van der Waals surface area contributed by atoms with Gasteiger partial charge in [-0.3, -0.25) is 4.18 Å². The zero-order valence-electron chi connectivity index (χ0n) is 4.13. The molecule has 0 aromatic carbocycles. The first-order valence-corrected chi connectivity index (χ1v) is 2.85. The van der Waals surface area contributed by atoms with E-state index in [4.69, 9.17) is 4.18 Å². The molecule has 1 heterocycles. The number of hydrogen-bond acceptors (Lipinski definition) is 3. The summed E-state index contributed by atoms with van der Waals surface area (Å²) in [5, 5.41) is 1.91. The van der Waals surface area contributed by atoms with Crippen molar-refractivity contribution in [2.75, 3.05) is 13.8 Å². The van der Waals surface area contributed by atoms with E-state index in [1.165, 1.54) is 12.0 Å². The molecule has 1 aliphatic heterocycles. The second-order valence-corrected chi connectivity index (χ2v) is 2.09. The number of hydrogen-bond donors (Lipinski definition) is 0. The third-order valence-corrected chi connectivity index (χ3v) is 1.17. The maximum atomic E-state index is 4.94. The van der Waals surface area contributed by atoms with Gasteiger partial charge in [0, 0.05) is 30.7 Å². The minimum Gasteiger partial charge on any atom is -0.356 e.